The first-order valence-electron chi connectivity index (χ1n) is 5.85. The van der Waals surface area contributed by atoms with E-state index >= 15 is 0 Å². The Morgan fingerprint density at radius 2 is 2.15 bits per heavy atom. The summed E-state index contributed by atoms with van der Waals surface area (Å²) >= 11 is 3.43. The van der Waals surface area contributed by atoms with E-state index in [0.29, 0.717) is 17.2 Å². The van der Waals surface area contributed by atoms with Crippen LogP contribution >= 0.6 is 15.9 Å². The molecule has 1 aromatic heterocycles. The second kappa shape index (κ2) is 6.34. The quantitative estimate of drug-likeness (QED) is 0.857. The first-order valence-corrected chi connectivity index (χ1v) is 6.65. The van der Waals surface area contributed by atoms with Gasteiger partial charge in [0.25, 0.3) is 0 Å². The van der Waals surface area contributed by atoms with Crippen LogP contribution in [0.2, 0.25) is 0 Å². The topological polar surface area (TPSA) is 59.4 Å². The number of carboxylic acids is 1. The number of benzene rings is 1. The Balaban J connectivity index is 2.12. The number of rotatable bonds is 4. The van der Waals surface area contributed by atoms with Crippen molar-refractivity contribution in [1.29, 1.82) is 0 Å². The number of hydrogen-bond acceptors (Lipinski definition) is 3. The number of carboxylic acid groups (broad SMARTS) is 1. The van der Waals surface area contributed by atoms with Crippen LogP contribution < -0.4 is 4.74 Å². The molecular weight excluding hydrogens is 322 g/mol. The van der Waals surface area contributed by atoms with Crippen molar-refractivity contribution < 1.29 is 14.6 Å². The highest BCUT2D eigenvalue weighted by molar-refractivity contribution is 9.10. The molecule has 0 fully saturated rings. The molecule has 1 aromatic carbocycles. The van der Waals surface area contributed by atoms with Crippen LogP contribution in [0.3, 0.4) is 0 Å². The number of aromatic nitrogens is 1. The molecule has 1 heterocycles. The monoisotopic (exact) mass is 333 g/mol. The van der Waals surface area contributed by atoms with E-state index in [2.05, 4.69) is 20.9 Å². The molecule has 0 saturated carbocycles. The van der Waals surface area contributed by atoms with Crippen LogP contribution in [0, 0.1) is 6.92 Å². The number of carbonyl (C=O) groups is 1. The van der Waals surface area contributed by atoms with Gasteiger partial charge in [-0.3, -0.25) is 0 Å². The average molecular weight is 334 g/mol. The highest BCUT2D eigenvalue weighted by Gasteiger charge is 2.03. The maximum Gasteiger partial charge on any atom is 0.328 e. The Morgan fingerprint density at radius 1 is 1.35 bits per heavy atom. The molecule has 4 nitrogen and oxygen atoms in total. The molecule has 0 aliphatic rings. The van der Waals surface area contributed by atoms with Crippen molar-refractivity contribution >= 4 is 28.0 Å². The van der Waals surface area contributed by atoms with E-state index in [9.17, 15) is 4.79 Å². The second-order valence-electron chi connectivity index (χ2n) is 4.14. The minimum absolute atomic E-state index is 0.446. The van der Waals surface area contributed by atoms with E-state index < -0.39 is 5.97 Å². The molecule has 0 radical (unpaired) electrons. The fourth-order valence-electron chi connectivity index (χ4n) is 1.52. The van der Waals surface area contributed by atoms with Gasteiger partial charge >= 0.3 is 5.97 Å². The third-order valence-corrected chi connectivity index (χ3v) is 3.10. The van der Waals surface area contributed by atoms with E-state index in [1.165, 1.54) is 6.08 Å². The number of aryl methyl sites for hydroxylation is 1. The molecule has 20 heavy (non-hydrogen) atoms. The van der Waals surface area contributed by atoms with E-state index in [4.69, 9.17) is 9.84 Å². The molecule has 0 spiro atoms. The minimum Gasteiger partial charge on any atom is -0.478 e. The van der Waals surface area contributed by atoms with Crippen molar-refractivity contribution in [3.05, 3.63) is 58.2 Å². The Morgan fingerprint density at radius 3 is 2.75 bits per heavy atom. The third-order valence-electron chi connectivity index (χ3n) is 2.48. The number of hydrogen-bond donors (Lipinski definition) is 1. The fraction of sp³-hybridized carbons (Fsp3) is 0.0667. The predicted octanol–water partition coefficient (Wildman–Crippen LogP) is 4.04. The van der Waals surface area contributed by atoms with Gasteiger partial charge in [-0.1, -0.05) is 6.07 Å². The Hall–Kier alpha value is -2.14. The summed E-state index contributed by atoms with van der Waals surface area (Å²) in [7, 11) is 0. The maximum atomic E-state index is 10.4. The molecule has 0 atom stereocenters. The molecule has 2 rings (SSSR count). The predicted molar refractivity (Wildman–Crippen MR) is 79.9 cm³/mol. The molecular formula is C15H12BrNO3. The van der Waals surface area contributed by atoms with E-state index in [0.717, 1.165) is 16.1 Å². The van der Waals surface area contributed by atoms with Crippen LogP contribution in [0.5, 0.6) is 11.6 Å². The van der Waals surface area contributed by atoms with Crippen LogP contribution in [0.15, 0.2) is 47.1 Å². The Bertz CT molecular complexity index is 651. The molecule has 102 valence electrons. The summed E-state index contributed by atoms with van der Waals surface area (Å²) in [5, 5.41) is 8.54. The van der Waals surface area contributed by atoms with Crippen LogP contribution in [-0.4, -0.2) is 16.1 Å². The zero-order valence-corrected chi connectivity index (χ0v) is 12.3. The van der Waals surface area contributed by atoms with Gasteiger partial charge in [0, 0.05) is 18.3 Å². The van der Waals surface area contributed by atoms with Gasteiger partial charge in [0.2, 0.25) is 5.88 Å². The largest absolute Gasteiger partial charge is 0.478 e. The number of halogens is 1. The van der Waals surface area contributed by atoms with Crippen molar-refractivity contribution in [2.24, 2.45) is 0 Å². The normalized spacial score (nSPS) is 10.7. The summed E-state index contributed by atoms with van der Waals surface area (Å²) in [6.45, 7) is 2.00. The second-order valence-corrected chi connectivity index (χ2v) is 4.99. The van der Waals surface area contributed by atoms with E-state index in [1.807, 2.05) is 25.1 Å². The number of aliphatic carboxylic acids is 1. The van der Waals surface area contributed by atoms with Crippen molar-refractivity contribution in [3.8, 4) is 11.6 Å². The van der Waals surface area contributed by atoms with Gasteiger partial charge in [-0.05, 0) is 58.3 Å². The first kappa shape index (κ1) is 14.3. The molecule has 0 aliphatic heterocycles. The van der Waals surface area contributed by atoms with Gasteiger partial charge in [-0.2, -0.15) is 0 Å². The summed E-state index contributed by atoms with van der Waals surface area (Å²) in [5.74, 6) is 0.132. The molecule has 1 N–H and O–H groups in total. The smallest absolute Gasteiger partial charge is 0.328 e. The highest BCUT2D eigenvalue weighted by Crippen LogP contribution is 2.29. The lowest BCUT2D eigenvalue weighted by Crippen LogP contribution is -1.90. The van der Waals surface area contributed by atoms with E-state index in [1.54, 1.807) is 18.3 Å². The lowest BCUT2D eigenvalue weighted by atomic mass is 10.2. The van der Waals surface area contributed by atoms with Crippen LogP contribution in [0.1, 0.15) is 11.1 Å². The SMILES string of the molecule is Cc1ccc(Oc2ccc(/C=C/C(=O)O)cn2)c(Br)c1. The van der Waals surface area contributed by atoms with Crippen molar-refractivity contribution in [2.75, 3.05) is 0 Å². The van der Waals surface area contributed by atoms with E-state index in [-0.39, 0.29) is 0 Å². The van der Waals surface area contributed by atoms with Crippen molar-refractivity contribution in [2.45, 2.75) is 6.92 Å². The molecule has 0 saturated heterocycles. The van der Waals surface area contributed by atoms with Gasteiger partial charge in [0.1, 0.15) is 5.75 Å². The lowest BCUT2D eigenvalue weighted by molar-refractivity contribution is -0.131. The van der Waals surface area contributed by atoms with Gasteiger partial charge in [0.05, 0.1) is 4.47 Å². The van der Waals surface area contributed by atoms with Crippen LogP contribution in [0.4, 0.5) is 0 Å². The Labute approximate surface area is 124 Å². The molecule has 2 aromatic rings. The standard InChI is InChI=1S/C15H12BrNO3/c1-10-2-5-13(12(16)8-10)20-14-6-3-11(9-17-14)4-7-15(18)19/h2-9H,1H3,(H,18,19)/b7-4+. The van der Waals surface area contributed by atoms with Crippen molar-refractivity contribution in [3.63, 3.8) is 0 Å². The van der Waals surface area contributed by atoms with Crippen LogP contribution in [-0.2, 0) is 4.79 Å². The van der Waals surface area contributed by atoms with Gasteiger partial charge in [0.15, 0.2) is 0 Å². The molecule has 0 unspecified atom stereocenters. The first-order chi connectivity index (χ1) is 9.54. The van der Waals surface area contributed by atoms with Crippen molar-refractivity contribution in [1.82, 2.24) is 4.98 Å². The average Bonchev–Trinajstić information content (AvgIpc) is 2.41. The molecule has 0 aliphatic carbocycles. The summed E-state index contributed by atoms with van der Waals surface area (Å²) in [6.07, 6.45) is 4.09. The summed E-state index contributed by atoms with van der Waals surface area (Å²) in [6, 6.07) is 9.19. The summed E-state index contributed by atoms with van der Waals surface area (Å²) < 4.78 is 6.50. The highest BCUT2D eigenvalue weighted by atomic mass is 79.9. The van der Waals surface area contributed by atoms with Gasteiger partial charge < -0.3 is 9.84 Å². The van der Waals surface area contributed by atoms with Gasteiger partial charge in [-0.15, -0.1) is 0 Å². The molecule has 0 bridgehead atoms. The number of pyridine rings is 1. The van der Waals surface area contributed by atoms with Crippen LogP contribution in [0.25, 0.3) is 6.08 Å². The number of ether oxygens (including phenoxy) is 1. The van der Waals surface area contributed by atoms with Gasteiger partial charge in [-0.25, -0.2) is 9.78 Å². The zero-order chi connectivity index (χ0) is 14.5. The fourth-order valence-corrected chi connectivity index (χ4v) is 2.09. The lowest BCUT2D eigenvalue weighted by Gasteiger charge is -2.07. The Kier molecular flexibility index (Phi) is 4.53. The summed E-state index contributed by atoms with van der Waals surface area (Å²) in [5.41, 5.74) is 1.83. The zero-order valence-electron chi connectivity index (χ0n) is 10.7. The minimum atomic E-state index is -0.992. The molecule has 0 amide bonds. The summed E-state index contributed by atoms with van der Waals surface area (Å²) in [4.78, 5) is 14.5. The third kappa shape index (κ3) is 3.93. The molecule has 5 heteroatoms. The maximum absolute atomic E-state index is 10.4. The number of nitrogens with zero attached hydrogens (tertiary/aromatic N) is 1.